The van der Waals surface area contributed by atoms with Crippen LogP contribution in [0.2, 0.25) is 19.6 Å². The molecule has 0 unspecified atom stereocenters. The van der Waals surface area contributed by atoms with Crippen LogP contribution in [-0.2, 0) is 20.1 Å². The first-order valence-corrected chi connectivity index (χ1v) is 15.6. The number of pyridine rings is 3. The first-order valence-electron chi connectivity index (χ1n) is 13.6. The predicted octanol–water partition coefficient (Wildman–Crippen LogP) is 7.55. The quantitative estimate of drug-likeness (QED) is 0.142. The first-order chi connectivity index (χ1) is 19.0. The van der Waals surface area contributed by atoms with Crippen LogP contribution in [0.1, 0.15) is 15.2 Å². The van der Waals surface area contributed by atoms with Crippen molar-refractivity contribution in [3.05, 3.63) is 109 Å². The van der Waals surface area contributed by atoms with Crippen molar-refractivity contribution in [2.45, 2.75) is 33.4 Å². The molecular formula is C32H29IrN3OSi-2. The van der Waals surface area contributed by atoms with Gasteiger partial charge in [-0.1, -0.05) is 54.9 Å². The zero-order valence-corrected chi connectivity index (χ0v) is 25.1. The molecule has 0 atom stereocenters. The van der Waals surface area contributed by atoms with Gasteiger partial charge in [0.05, 0.1) is 11.8 Å². The number of aryl methyl sites for hydroxylation is 2. The van der Waals surface area contributed by atoms with Gasteiger partial charge in [-0.3, -0.25) is 4.98 Å². The Hall–Kier alpha value is -3.44. The minimum Gasteiger partial charge on any atom is -0.499 e. The molecule has 4 aromatic heterocycles. The zero-order chi connectivity index (χ0) is 28.5. The number of aromatic nitrogens is 3. The number of furan rings is 1. The number of nitrogens with zero attached hydrogens (tertiary/aromatic N) is 3. The SMILES string of the molecule is Cc1ccc(-c2[c-]cccc2)nc1.[2H]C([2H])([2H])c1ccc(-c2[c-]cc([Si](C)(C)C)c3c2oc2cnccc23)nc1.[Ir]. The summed E-state index contributed by atoms with van der Waals surface area (Å²) in [4.78, 5) is 12.9. The number of hydrogen-bond donors (Lipinski definition) is 0. The summed E-state index contributed by atoms with van der Waals surface area (Å²) in [6, 6.07) is 25.7. The molecule has 2 aromatic carbocycles. The summed E-state index contributed by atoms with van der Waals surface area (Å²) in [7, 11) is -1.64. The van der Waals surface area contributed by atoms with Gasteiger partial charge in [0.15, 0.2) is 0 Å². The van der Waals surface area contributed by atoms with Crippen LogP contribution in [0, 0.1) is 25.9 Å². The van der Waals surface area contributed by atoms with Crippen LogP contribution < -0.4 is 5.19 Å². The minimum absolute atomic E-state index is 0. The third-order valence-electron chi connectivity index (χ3n) is 6.07. The maximum Gasteiger partial charge on any atom is 0.139 e. The Morgan fingerprint density at radius 2 is 1.63 bits per heavy atom. The molecule has 0 spiro atoms. The molecule has 0 aliphatic heterocycles. The number of hydrogen-bond acceptors (Lipinski definition) is 4. The fourth-order valence-electron chi connectivity index (χ4n) is 4.18. The van der Waals surface area contributed by atoms with E-state index in [1.165, 1.54) is 16.9 Å². The van der Waals surface area contributed by atoms with Crippen molar-refractivity contribution in [2.24, 2.45) is 0 Å². The van der Waals surface area contributed by atoms with Gasteiger partial charge in [-0.15, -0.1) is 53.2 Å². The van der Waals surface area contributed by atoms with E-state index in [4.69, 9.17) is 8.53 Å². The summed E-state index contributed by atoms with van der Waals surface area (Å²) < 4.78 is 28.7. The molecule has 0 aliphatic rings. The second-order valence-corrected chi connectivity index (χ2v) is 15.0. The topological polar surface area (TPSA) is 51.8 Å². The second-order valence-electron chi connectivity index (χ2n) is 9.93. The number of fused-ring (bicyclic) bond motifs is 3. The van der Waals surface area contributed by atoms with Gasteiger partial charge in [-0.2, -0.15) is 0 Å². The molecule has 1 radical (unpaired) electrons. The monoisotopic (exact) mass is 695 g/mol. The van der Waals surface area contributed by atoms with Gasteiger partial charge in [-0.25, -0.2) is 0 Å². The van der Waals surface area contributed by atoms with E-state index < -0.39 is 14.9 Å². The summed E-state index contributed by atoms with van der Waals surface area (Å²) in [6.45, 7) is 6.73. The fourth-order valence-corrected chi connectivity index (χ4v) is 5.68. The Balaban J connectivity index is 0.000000233. The molecule has 38 heavy (non-hydrogen) atoms. The van der Waals surface area contributed by atoms with Crippen molar-refractivity contribution in [3.63, 3.8) is 0 Å². The van der Waals surface area contributed by atoms with Crippen LogP contribution in [0.5, 0.6) is 0 Å². The van der Waals surface area contributed by atoms with E-state index in [1.807, 2.05) is 55.6 Å². The van der Waals surface area contributed by atoms with Crippen LogP contribution in [0.4, 0.5) is 0 Å². The average Bonchev–Trinajstić information content (AvgIpc) is 3.32. The molecule has 4 heterocycles. The average molecular weight is 695 g/mol. The molecule has 0 N–H and O–H groups in total. The van der Waals surface area contributed by atoms with Gasteiger partial charge in [0.1, 0.15) is 5.58 Å². The van der Waals surface area contributed by atoms with Gasteiger partial charge in [0, 0.05) is 56.3 Å². The molecule has 0 bridgehead atoms. The molecule has 0 amide bonds. The van der Waals surface area contributed by atoms with Crippen LogP contribution in [0.3, 0.4) is 0 Å². The Morgan fingerprint density at radius 1 is 0.868 bits per heavy atom. The van der Waals surface area contributed by atoms with E-state index in [0.29, 0.717) is 5.69 Å². The smallest absolute Gasteiger partial charge is 0.139 e. The van der Waals surface area contributed by atoms with Crippen molar-refractivity contribution < 1.29 is 28.6 Å². The van der Waals surface area contributed by atoms with Crippen LogP contribution in [0.15, 0.2) is 89.9 Å². The molecule has 6 rings (SSSR count). The molecule has 4 nitrogen and oxygen atoms in total. The minimum atomic E-state index is -2.17. The van der Waals surface area contributed by atoms with Gasteiger partial charge < -0.3 is 14.4 Å². The molecule has 0 aliphatic carbocycles. The van der Waals surface area contributed by atoms with Crippen LogP contribution >= 0.6 is 0 Å². The van der Waals surface area contributed by atoms with Gasteiger partial charge in [0.25, 0.3) is 0 Å². The third-order valence-corrected chi connectivity index (χ3v) is 8.08. The van der Waals surface area contributed by atoms with Crippen molar-refractivity contribution in [2.75, 3.05) is 0 Å². The maximum atomic E-state index is 7.51. The van der Waals surface area contributed by atoms with Crippen molar-refractivity contribution >= 4 is 35.2 Å². The summed E-state index contributed by atoms with van der Waals surface area (Å²) in [5, 5.41) is 3.39. The number of rotatable bonds is 3. The Kier molecular flexibility index (Phi) is 7.17. The third kappa shape index (κ3) is 5.83. The van der Waals surface area contributed by atoms with Crippen molar-refractivity contribution in [1.82, 2.24) is 15.0 Å². The summed E-state index contributed by atoms with van der Waals surface area (Å²) in [5.41, 5.74) is 6.25. The van der Waals surface area contributed by atoms with Crippen molar-refractivity contribution in [3.8, 4) is 22.5 Å². The van der Waals surface area contributed by atoms with E-state index in [-0.39, 0.29) is 25.7 Å². The largest absolute Gasteiger partial charge is 0.499 e. The van der Waals surface area contributed by atoms with Gasteiger partial charge in [-0.05, 0) is 42.4 Å². The van der Waals surface area contributed by atoms with E-state index in [2.05, 4.69) is 52.8 Å². The first kappa shape index (κ1) is 23.7. The molecular weight excluding hydrogens is 663 g/mol. The molecule has 6 heteroatoms. The summed E-state index contributed by atoms with van der Waals surface area (Å²) in [6.07, 6.45) is 6.76. The van der Waals surface area contributed by atoms with E-state index in [1.54, 1.807) is 24.5 Å². The Morgan fingerprint density at radius 3 is 2.29 bits per heavy atom. The van der Waals surface area contributed by atoms with Crippen LogP contribution in [0.25, 0.3) is 44.5 Å². The zero-order valence-electron chi connectivity index (χ0n) is 24.7. The van der Waals surface area contributed by atoms with E-state index in [9.17, 15) is 0 Å². The van der Waals surface area contributed by atoms with Gasteiger partial charge >= 0.3 is 0 Å². The Labute approximate surface area is 242 Å². The summed E-state index contributed by atoms with van der Waals surface area (Å²) >= 11 is 0. The van der Waals surface area contributed by atoms with Gasteiger partial charge in [0.2, 0.25) is 0 Å². The molecule has 0 saturated carbocycles. The predicted molar refractivity (Wildman–Crippen MR) is 155 cm³/mol. The van der Waals surface area contributed by atoms with E-state index in [0.717, 1.165) is 38.8 Å². The van der Waals surface area contributed by atoms with Crippen molar-refractivity contribution in [1.29, 1.82) is 0 Å². The normalized spacial score (nSPS) is 12.6. The second kappa shape index (κ2) is 11.5. The molecule has 193 valence electrons. The fraction of sp³-hybridized carbons (Fsp3) is 0.156. The Bertz CT molecular complexity index is 1760. The molecule has 0 saturated heterocycles. The van der Waals surface area contributed by atoms with E-state index >= 15 is 0 Å². The number of benzene rings is 2. The molecule has 6 aromatic rings. The standard InChI is InChI=1S/C20H19N2OSi.C12H10N.Ir/c1-13-5-7-16(22-11-13)14-6-8-18(24(2,3)4)19-15-9-10-21-12-17(15)23-20(14)19;1-10-7-8-12(13-9-10)11-5-3-2-4-6-11;/h5,7-12H,1-4H3;2-5,7-9H,1H3;/q2*-1;/i1D3;;. The molecule has 0 fully saturated rings. The van der Waals surface area contributed by atoms with Crippen LogP contribution in [-0.4, -0.2) is 23.0 Å². The summed E-state index contributed by atoms with van der Waals surface area (Å²) in [5.74, 6) is 0. The maximum absolute atomic E-state index is 7.51.